The van der Waals surface area contributed by atoms with Gasteiger partial charge in [-0.25, -0.2) is 9.97 Å². The summed E-state index contributed by atoms with van der Waals surface area (Å²) in [5.74, 6) is 0.412. The fourth-order valence-corrected chi connectivity index (χ4v) is 1.95. The van der Waals surface area contributed by atoms with Crippen LogP contribution in [0.3, 0.4) is 0 Å². The van der Waals surface area contributed by atoms with E-state index in [0.29, 0.717) is 22.6 Å². The normalized spacial score (nSPS) is 10.8. The first-order chi connectivity index (χ1) is 9.16. The Labute approximate surface area is 109 Å². The third-order valence-corrected chi connectivity index (χ3v) is 2.92. The first kappa shape index (κ1) is 11.4. The van der Waals surface area contributed by atoms with Crippen LogP contribution in [0.25, 0.3) is 17.0 Å². The van der Waals surface area contributed by atoms with Gasteiger partial charge in [0.2, 0.25) is 11.7 Å². The maximum atomic E-state index is 11.4. The SMILES string of the molecule is CC(=O)c1cccc(-c2nc3ncccn3c2O)c1. The summed E-state index contributed by atoms with van der Waals surface area (Å²) in [6.45, 7) is 1.50. The van der Waals surface area contributed by atoms with E-state index in [1.54, 1.807) is 42.7 Å². The van der Waals surface area contributed by atoms with Gasteiger partial charge < -0.3 is 5.11 Å². The van der Waals surface area contributed by atoms with Gasteiger partial charge in [-0.05, 0) is 19.1 Å². The van der Waals surface area contributed by atoms with Crippen molar-refractivity contribution in [1.29, 1.82) is 0 Å². The summed E-state index contributed by atoms with van der Waals surface area (Å²) in [6, 6.07) is 8.72. The lowest BCUT2D eigenvalue weighted by Crippen LogP contribution is -1.91. The number of benzene rings is 1. The molecule has 94 valence electrons. The van der Waals surface area contributed by atoms with Crippen molar-refractivity contribution in [2.45, 2.75) is 6.92 Å². The minimum Gasteiger partial charge on any atom is -0.493 e. The Morgan fingerprint density at radius 1 is 1.32 bits per heavy atom. The van der Waals surface area contributed by atoms with E-state index in [2.05, 4.69) is 9.97 Å². The van der Waals surface area contributed by atoms with Crippen LogP contribution in [0.5, 0.6) is 5.88 Å². The second-order valence-corrected chi connectivity index (χ2v) is 4.21. The highest BCUT2D eigenvalue weighted by Crippen LogP contribution is 2.29. The second kappa shape index (κ2) is 4.20. The van der Waals surface area contributed by atoms with Crippen LogP contribution in [0.4, 0.5) is 0 Å². The van der Waals surface area contributed by atoms with Crippen molar-refractivity contribution in [1.82, 2.24) is 14.4 Å². The molecule has 0 spiro atoms. The van der Waals surface area contributed by atoms with Gasteiger partial charge in [0.25, 0.3) is 0 Å². The molecule has 3 aromatic rings. The largest absolute Gasteiger partial charge is 0.493 e. The third-order valence-electron chi connectivity index (χ3n) is 2.92. The van der Waals surface area contributed by atoms with Gasteiger partial charge in [-0.3, -0.25) is 9.20 Å². The monoisotopic (exact) mass is 253 g/mol. The number of aromatic hydroxyl groups is 1. The standard InChI is InChI=1S/C14H11N3O2/c1-9(18)10-4-2-5-11(8-10)12-13(19)17-7-3-6-15-14(17)16-12/h2-8,19H,1H3. The molecule has 19 heavy (non-hydrogen) atoms. The molecular weight excluding hydrogens is 242 g/mol. The zero-order chi connectivity index (χ0) is 13.4. The highest BCUT2D eigenvalue weighted by Gasteiger charge is 2.14. The number of nitrogens with zero attached hydrogens (tertiary/aromatic N) is 3. The number of ketones is 1. The van der Waals surface area contributed by atoms with Crippen LogP contribution in [-0.4, -0.2) is 25.3 Å². The molecule has 1 aromatic carbocycles. The van der Waals surface area contributed by atoms with E-state index in [1.807, 2.05) is 0 Å². The molecule has 5 nitrogen and oxygen atoms in total. The van der Waals surface area contributed by atoms with Gasteiger partial charge in [0, 0.05) is 23.5 Å². The van der Waals surface area contributed by atoms with Crippen LogP contribution in [0.15, 0.2) is 42.7 Å². The maximum absolute atomic E-state index is 11.4. The predicted molar refractivity (Wildman–Crippen MR) is 70.1 cm³/mol. The number of hydrogen-bond donors (Lipinski definition) is 1. The minimum atomic E-state index is -0.0248. The molecular formula is C14H11N3O2. The van der Waals surface area contributed by atoms with Crippen LogP contribution < -0.4 is 0 Å². The molecule has 0 bridgehead atoms. The van der Waals surface area contributed by atoms with E-state index >= 15 is 0 Å². The molecule has 0 unspecified atom stereocenters. The summed E-state index contributed by atoms with van der Waals surface area (Å²) in [6.07, 6.45) is 3.29. The average molecular weight is 253 g/mol. The lowest BCUT2D eigenvalue weighted by atomic mass is 10.1. The van der Waals surface area contributed by atoms with Gasteiger partial charge >= 0.3 is 0 Å². The summed E-state index contributed by atoms with van der Waals surface area (Å²) in [4.78, 5) is 19.7. The van der Waals surface area contributed by atoms with E-state index in [0.717, 1.165) is 0 Å². The molecule has 0 atom stereocenters. The van der Waals surface area contributed by atoms with E-state index in [-0.39, 0.29) is 11.7 Å². The number of Topliss-reactive ketones (excluding diaryl/α,β-unsaturated/α-hetero) is 1. The van der Waals surface area contributed by atoms with Crippen LogP contribution in [0.1, 0.15) is 17.3 Å². The number of imidazole rings is 1. The summed E-state index contributed by atoms with van der Waals surface area (Å²) < 4.78 is 1.50. The van der Waals surface area contributed by atoms with E-state index < -0.39 is 0 Å². The molecule has 0 aliphatic rings. The van der Waals surface area contributed by atoms with Crippen LogP contribution in [0.2, 0.25) is 0 Å². The Kier molecular flexibility index (Phi) is 2.52. The molecule has 0 saturated heterocycles. The molecule has 2 heterocycles. The molecule has 1 N–H and O–H groups in total. The number of carbonyl (C=O) groups excluding carboxylic acids is 1. The van der Waals surface area contributed by atoms with Crippen molar-refractivity contribution < 1.29 is 9.90 Å². The topological polar surface area (TPSA) is 67.5 Å². The molecule has 0 saturated carbocycles. The zero-order valence-electron chi connectivity index (χ0n) is 10.2. The first-order valence-corrected chi connectivity index (χ1v) is 5.80. The van der Waals surface area contributed by atoms with Gasteiger partial charge in [0.15, 0.2) is 5.78 Å². The van der Waals surface area contributed by atoms with E-state index in [1.165, 1.54) is 11.3 Å². The maximum Gasteiger partial charge on any atom is 0.237 e. The molecule has 0 amide bonds. The smallest absolute Gasteiger partial charge is 0.237 e. The lowest BCUT2D eigenvalue weighted by molar-refractivity contribution is 0.101. The van der Waals surface area contributed by atoms with Crippen molar-refractivity contribution in [3.05, 3.63) is 48.3 Å². The number of carbonyl (C=O) groups is 1. The molecule has 0 radical (unpaired) electrons. The molecule has 5 heteroatoms. The molecule has 2 aromatic heterocycles. The fourth-order valence-electron chi connectivity index (χ4n) is 1.95. The Morgan fingerprint density at radius 2 is 2.16 bits per heavy atom. The van der Waals surface area contributed by atoms with Crippen molar-refractivity contribution in [2.24, 2.45) is 0 Å². The van der Waals surface area contributed by atoms with Crippen molar-refractivity contribution in [3.63, 3.8) is 0 Å². The van der Waals surface area contributed by atoms with Crippen molar-refractivity contribution in [3.8, 4) is 17.1 Å². The van der Waals surface area contributed by atoms with Crippen LogP contribution >= 0.6 is 0 Å². The van der Waals surface area contributed by atoms with E-state index in [4.69, 9.17) is 0 Å². The Balaban J connectivity index is 2.21. The molecule has 3 rings (SSSR count). The van der Waals surface area contributed by atoms with Gasteiger partial charge in [-0.1, -0.05) is 18.2 Å². The summed E-state index contributed by atoms with van der Waals surface area (Å²) >= 11 is 0. The van der Waals surface area contributed by atoms with Gasteiger partial charge in [0.05, 0.1) is 0 Å². The quantitative estimate of drug-likeness (QED) is 0.711. The van der Waals surface area contributed by atoms with Crippen molar-refractivity contribution >= 4 is 11.6 Å². The third kappa shape index (κ3) is 1.85. The fraction of sp³-hybridized carbons (Fsp3) is 0.0714. The summed E-state index contributed by atoms with van der Waals surface area (Å²) in [5.41, 5.74) is 1.69. The van der Waals surface area contributed by atoms with Gasteiger partial charge in [-0.2, -0.15) is 0 Å². The number of aromatic nitrogens is 3. The predicted octanol–water partition coefficient (Wildman–Crippen LogP) is 2.30. The summed E-state index contributed by atoms with van der Waals surface area (Å²) in [7, 11) is 0. The molecule has 0 aliphatic heterocycles. The number of hydrogen-bond acceptors (Lipinski definition) is 4. The number of fused-ring (bicyclic) bond motifs is 1. The molecule has 0 fully saturated rings. The van der Waals surface area contributed by atoms with Crippen molar-refractivity contribution in [2.75, 3.05) is 0 Å². The van der Waals surface area contributed by atoms with E-state index in [9.17, 15) is 9.90 Å². The average Bonchev–Trinajstić information content (AvgIpc) is 2.77. The highest BCUT2D eigenvalue weighted by atomic mass is 16.3. The Hall–Kier alpha value is -2.69. The molecule has 0 aliphatic carbocycles. The Morgan fingerprint density at radius 3 is 2.89 bits per heavy atom. The second-order valence-electron chi connectivity index (χ2n) is 4.21. The Bertz CT molecular complexity index is 777. The summed E-state index contributed by atoms with van der Waals surface area (Å²) in [5, 5.41) is 10.1. The van der Waals surface area contributed by atoms with Crippen LogP contribution in [0, 0.1) is 0 Å². The van der Waals surface area contributed by atoms with Crippen LogP contribution in [-0.2, 0) is 0 Å². The first-order valence-electron chi connectivity index (χ1n) is 5.80. The number of rotatable bonds is 2. The minimum absolute atomic E-state index is 0.0174. The highest BCUT2D eigenvalue weighted by molar-refractivity contribution is 5.95. The van der Waals surface area contributed by atoms with Gasteiger partial charge in [0.1, 0.15) is 5.69 Å². The zero-order valence-corrected chi connectivity index (χ0v) is 10.2. The van der Waals surface area contributed by atoms with Gasteiger partial charge in [-0.15, -0.1) is 0 Å². The lowest BCUT2D eigenvalue weighted by Gasteiger charge is -2.00.